The van der Waals surface area contributed by atoms with Crippen molar-refractivity contribution < 1.29 is 14.8 Å². The van der Waals surface area contributed by atoms with Crippen LogP contribution in [-0.4, -0.2) is 41.6 Å². The third-order valence-electron chi connectivity index (χ3n) is 2.93. The molecular formula is C10H21BN2O3. The number of nitrogens with one attached hydrogen (secondary N) is 2. The standard InChI is InChI=1S/C10H21BN2O3/c1-2-3-6-9(11(15)16)13-10(14)8-5-4-7-12-8/h8-9,12,15-16H,2-7H2,1H3,(H,13,14)/t8-,9+/m0/s1. The van der Waals surface area contributed by atoms with Crippen LogP contribution in [0.2, 0.25) is 0 Å². The van der Waals surface area contributed by atoms with Gasteiger partial charge in [-0.05, 0) is 25.8 Å². The predicted octanol–water partition coefficient (Wildman–Crippen LogP) is -0.575. The van der Waals surface area contributed by atoms with Crippen molar-refractivity contribution >= 4 is 13.0 Å². The third-order valence-corrected chi connectivity index (χ3v) is 2.93. The van der Waals surface area contributed by atoms with Gasteiger partial charge in [-0.15, -0.1) is 0 Å². The molecule has 6 heteroatoms. The summed E-state index contributed by atoms with van der Waals surface area (Å²) in [7, 11) is -1.48. The maximum Gasteiger partial charge on any atom is 0.475 e. The molecule has 0 aromatic heterocycles. The van der Waals surface area contributed by atoms with Crippen LogP contribution in [0.25, 0.3) is 0 Å². The Morgan fingerprint density at radius 3 is 2.88 bits per heavy atom. The van der Waals surface area contributed by atoms with E-state index in [1.54, 1.807) is 0 Å². The smallest absolute Gasteiger partial charge is 0.426 e. The molecule has 5 nitrogen and oxygen atoms in total. The van der Waals surface area contributed by atoms with E-state index < -0.39 is 13.1 Å². The average molecular weight is 228 g/mol. The Balaban J connectivity index is 2.37. The highest BCUT2D eigenvalue weighted by atomic mass is 16.4. The van der Waals surface area contributed by atoms with Crippen molar-refractivity contribution in [1.29, 1.82) is 0 Å². The molecule has 0 aromatic carbocycles. The normalized spacial score (nSPS) is 21.8. The Kier molecular flexibility index (Phi) is 5.80. The number of carbonyl (C=O) groups excluding carboxylic acids is 1. The molecule has 0 spiro atoms. The third kappa shape index (κ3) is 4.12. The van der Waals surface area contributed by atoms with Gasteiger partial charge in [0.15, 0.2) is 0 Å². The SMILES string of the molecule is CCCC[C@@H](NC(=O)[C@@H]1CCCN1)B(O)O. The lowest BCUT2D eigenvalue weighted by molar-refractivity contribution is -0.123. The number of rotatable bonds is 6. The molecular weight excluding hydrogens is 207 g/mol. The van der Waals surface area contributed by atoms with Gasteiger partial charge in [0.25, 0.3) is 0 Å². The summed E-state index contributed by atoms with van der Waals surface area (Å²) < 4.78 is 0. The Hall–Kier alpha value is -0.585. The zero-order valence-corrected chi connectivity index (χ0v) is 9.78. The van der Waals surface area contributed by atoms with Crippen LogP contribution in [0.5, 0.6) is 0 Å². The fraction of sp³-hybridized carbons (Fsp3) is 0.900. The van der Waals surface area contributed by atoms with Gasteiger partial charge in [0.05, 0.1) is 12.0 Å². The summed E-state index contributed by atoms with van der Waals surface area (Å²) in [6.45, 7) is 2.89. The van der Waals surface area contributed by atoms with Gasteiger partial charge < -0.3 is 20.7 Å². The summed E-state index contributed by atoms with van der Waals surface area (Å²) in [5, 5.41) is 24.1. The second-order valence-electron chi connectivity index (χ2n) is 4.32. The van der Waals surface area contributed by atoms with Crippen molar-refractivity contribution in [3.63, 3.8) is 0 Å². The van der Waals surface area contributed by atoms with Gasteiger partial charge in [-0.1, -0.05) is 19.8 Å². The first-order chi connectivity index (χ1) is 7.65. The number of carbonyl (C=O) groups is 1. The van der Waals surface area contributed by atoms with E-state index in [0.29, 0.717) is 6.42 Å². The lowest BCUT2D eigenvalue weighted by atomic mass is 9.76. The predicted molar refractivity (Wildman–Crippen MR) is 62.7 cm³/mol. The van der Waals surface area contributed by atoms with Gasteiger partial charge in [-0.3, -0.25) is 4.79 Å². The van der Waals surface area contributed by atoms with Crippen LogP contribution in [0.3, 0.4) is 0 Å². The molecule has 1 fully saturated rings. The fourth-order valence-electron chi connectivity index (χ4n) is 1.91. The van der Waals surface area contributed by atoms with Gasteiger partial charge in [-0.2, -0.15) is 0 Å². The van der Waals surface area contributed by atoms with Crippen LogP contribution >= 0.6 is 0 Å². The zero-order valence-electron chi connectivity index (χ0n) is 9.78. The molecule has 0 bridgehead atoms. The second kappa shape index (κ2) is 6.88. The highest BCUT2D eigenvalue weighted by molar-refractivity contribution is 6.43. The minimum absolute atomic E-state index is 0.119. The molecule has 1 saturated heterocycles. The minimum atomic E-state index is -1.48. The van der Waals surface area contributed by atoms with Crippen LogP contribution in [-0.2, 0) is 4.79 Å². The van der Waals surface area contributed by atoms with Crippen molar-refractivity contribution in [3.8, 4) is 0 Å². The molecule has 1 aliphatic rings. The van der Waals surface area contributed by atoms with Crippen LogP contribution in [0, 0.1) is 0 Å². The van der Waals surface area contributed by atoms with Crippen LogP contribution in [0.15, 0.2) is 0 Å². The van der Waals surface area contributed by atoms with E-state index in [1.165, 1.54) is 0 Å². The van der Waals surface area contributed by atoms with Crippen molar-refractivity contribution in [1.82, 2.24) is 10.6 Å². The molecule has 0 unspecified atom stereocenters. The minimum Gasteiger partial charge on any atom is -0.426 e. The van der Waals surface area contributed by atoms with Crippen LogP contribution < -0.4 is 10.6 Å². The molecule has 1 amide bonds. The molecule has 1 aliphatic heterocycles. The Bertz CT molecular complexity index is 220. The largest absolute Gasteiger partial charge is 0.475 e. The van der Waals surface area contributed by atoms with Crippen LogP contribution in [0.1, 0.15) is 39.0 Å². The van der Waals surface area contributed by atoms with E-state index >= 15 is 0 Å². The second-order valence-corrected chi connectivity index (χ2v) is 4.32. The molecule has 0 radical (unpaired) electrons. The lowest BCUT2D eigenvalue weighted by Gasteiger charge is -2.19. The Morgan fingerprint density at radius 2 is 2.38 bits per heavy atom. The van der Waals surface area contributed by atoms with E-state index in [9.17, 15) is 4.79 Å². The summed E-state index contributed by atoms with van der Waals surface area (Å²) in [4.78, 5) is 11.7. The first-order valence-electron chi connectivity index (χ1n) is 6.05. The first-order valence-corrected chi connectivity index (χ1v) is 6.05. The molecule has 1 heterocycles. The van der Waals surface area contributed by atoms with Gasteiger partial charge in [0.1, 0.15) is 0 Å². The molecule has 0 aliphatic carbocycles. The fourth-order valence-corrected chi connectivity index (χ4v) is 1.91. The van der Waals surface area contributed by atoms with Crippen molar-refractivity contribution in [2.24, 2.45) is 0 Å². The van der Waals surface area contributed by atoms with E-state index in [2.05, 4.69) is 10.6 Å². The van der Waals surface area contributed by atoms with Gasteiger partial charge in [0.2, 0.25) is 5.91 Å². The number of unbranched alkanes of at least 4 members (excludes halogenated alkanes) is 1. The van der Waals surface area contributed by atoms with Crippen molar-refractivity contribution in [2.75, 3.05) is 6.54 Å². The summed E-state index contributed by atoms with van der Waals surface area (Å²) in [5.74, 6) is -0.665. The van der Waals surface area contributed by atoms with Crippen LogP contribution in [0.4, 0.5) is 0 Å². The van der Waals surface area contributed by atoms with Gasteiger partial charge in [0, 0.05) is 0 Å². The molecule has 16 heavy (non-hydrogen) atoms. The molecule has 2 atom stereocenters. The van der Waals surface area contributed by atoms with Gasteiger partial charge in [-0.25, -0.2) is 0 Å². The average Bonchev–Trinajstić information content (AvgIpc) is 2.76. The summed E-state index contributed by atoms with van der Waals surface area (Å²) in [5.41, 5.74) is 0. The summed E-state index contributed by atoms with van der Waals surface area (Å²) >= 11 is 0. The van der Waals surface area contributed by atoms with E-state index in [0.717, 1.165) is 32.2 Å². The molecule has 92 valence electrons. The van der Waals surface area contributed by atoms with E-state index in [-0.39, 0.29) is 11.9 Å². The first kappa shape index (κ1) is 13.5. The quantitative estimate of drug-likeness (QED) is 0.459. The summed E-state index contributed by atoms with van der Waals surface area (Å²) in [6, 6.07) is -0.164. The highest BCUT2D eigenvalue weighted by Crippen LogP contribution is 2.07. The number of amides is 1. The van der Waals surface area contributed by atoms with E-state index in [1.807, 2.05) is 6.92 Å². The Morgan fingerprint density at radius 1 is 1.62 bits per heavy atom. The maximum absolute atomic E-state index is 11.7. The molecule has 0 aromatic rings. The number of hydrogen-bond acceptors (Lipinski definition) is 4. The topological polar surface area (TPSA) is 81.6 Å². The molecule has 4 N–H and O–H groups in total. The highest BCUT2D eigenvalue weighted by Gasteiger charge is 2.29. The summed E-state index contributed by atoms with van der Waals surface area (Å²) in [6.07, 6.45) is 4.28. The monoisotopic (exact) mass is 228 g/mol. The number of hydrogen-bond donors (Lipinski definition) is 4. The molecule has 0 saturated carbocycles. The zero-order chi connectivity index (χ0) is 12.0. The maximum atomic E-state index is 11.7. The van der Waals surface area contributed by atoms with E-state index in [4.69, 9.17) is 10.0 Å². The van der Waals surface area contributed by atoms with Crippen molar-refractivity contribution in [3.05, 3.63) is 0 Å². The Labute approximate surface area is 96.8 Å². The van der Waals surface area contributed by atoms with Gasteiger partial charge >= 0.3 is 7.12 Å². The van der Waals surface area contributed by atoms with Crippen molar-refractivity contribution in [2.45, 2.75) is 51.0 Å². The molecule has 1 rings (SSSR count). The lowest BCUT2D eigenvalue weighted by Crippen LogP contribution is -2.51.